The molecule has 1 rings (SSSR count). The molecule has 0 spiro atoms. The minimum absolute atomic E-state index is 1.31. The van der Waals surface area contributed by atoms with Gasteiger partial charge in [-0.3, -0.25) is 0 Å². The van der Waals surface area contributed by atoms with Gasteiger partial charge in [-0.15, -0.1) is 23.9 Å². The molecule has 0 saturated heterocycles. The van der Waals surface area contributed by atoms with Gasteiger partial charge in [0.2, 0.25) is 0 Å². The monoisotopic (exact) mass is 242 g/mol. The van der Waals surface area contributed by atoms with Crippen molar-refractivity contribution in [3.63, 3.8) is 0 Å². The van der Waals surface area contributed by atoms with Crippen LogP contribution in [0.3, 0.4) is 0 Å². The van der Waals surface area contributed by atoms with Crippen LogP contribution in [0.25, 0.3) is 0 Å². The number of benzene rings is 1. The molecule has 0 aliphatic rings. The zero-order valence-electron chi connectivity index (χ0n) is 10.5. The van der Waals surface area contributed by atoms with E-state index in [0.717, 1.165) is 0 Å². The molecule has 0 nitrogen and oxygen atoms in total. The second-order valence-corrected chi connectivity index (χ2v) is 13.3. The van der Waals surface area contributed by atoms with Crippen molar-refractivity contribution in [2.75, 3.05) is 0 Å². The fourth-order valence-corrected chi connectivity index (χ4v) is 3.80. The smallest absolute Gasteiger partial charge is 0.129 e. The molecule has 1 aromatic rings. The predicted octanol–water partition coefficient (Wildman–Crippen LogP) is 1.86. The Balaban J connectivity index is 3.13. The Hall–Kier alpha value is -1.23. The minimum Gasteiger partial charge on any atom is -0.129 e. The number of rotatable bonds is 2. The van der Waals surface area contributed by atoms with Gasteiger partial charge in [0, 0.05) is 0 Å². The van der Waals surface area contributed by atoms with Crippen molar-refractivity contribution < 1.29 is 0 Å². The Labute approximate surface area is 101 Å². The summed E-state index contributed by atoms with van der Waals surface area (Å²) in [6.45, 7) is 8.75. The summed E-state index contributed by atoms with van der Waals surface area (Å²) in [4.78, 5) is 0. The summed E-state index contributed by atoms with van der Waals surface area (Å²) in [5, 5.41) is 2.61. The minimum atomic E-state index is -1.65. The first-order valence-corrected chi connectivity index (χ1v) is 11.4. The quantitative estimate of drug-likeness (QED) is 0.549. The molecule has 0 aliphatic carbocycles. The van der Waals surface area contributed by atoms with Gasteiger partial charge in [-0.25, -0.2) is 0 Å². The maximum atomic E-state index is 5.58. The lowest BCUT2D eigenvalue weighted by atomic mass is 10.4. The highest BCUT2D eigenvalue weighted by molar-refractivity contribution is 6.97. The van der Waals surface area contributed by atoms with E-state index in [9.17, 15) is 0 Å². The van der Waals surface area contributed by atoms with Crippen LogP contribution < -0.4 is 10.4 Å². The van der Waals surface area contributed by atoms with E-state index in [2.05, 4.69) is 61.5 Å². The van der Waals surface area contributed by atoms with Crippen LogP contribution in [0.15, 0.2) is 24.3 Å². The molecular weight excluding hydrogens is 224 g/mol. The molecule has 0 bridgehead atoms. The summed E-state index contributed by atoms with van der Waals surface area (Å²) < 4.78 is 0. The molecule has 0 radical (unpaired) electrons. The fraction of sp³-hybridized carbons (Fsp3) is 0.286. The first-order valence-electron chi connectivity index (χ1n) is 5.40. The van der Waals surface area contributed by atoms with E-state index >= 15 is 0 Å². The van der Waals surface area contributed by atoms with E-state index in [1.807, 2.05) is 0 Å². The maximum Gasteiger partial charge on any atom is 0.162 e. The molecule has 0 aliphatic heterocycles. The van der Waals surface area contributed by atoms with Gasteiger partial charge in [-0.1, -0.05) is 50.5 Å². The van der Waals surface area contributed by atoms with Gasteiger partial charge in [-0.05, 0) is 10.4 Å². The largest absolute Gasteiger partial charge is 0.162 e. The lowest BCUT2D eigenvalue weighted by Crippen LogP contribution is -2.44. The van der Waals surface area contributed by atoms with Gasteiger partial charge in [0.05, 0.1) is 0 Å². The van der Waals surface area contributed by atoms with Gasteiger partial charge in [-0.2, -0.15) is 0 Å². The van der Waals surface area contributed by atoms with Gasteiger partial charge < -0.3 is 0 Å². The molecule has 0 saturated carbocycles. The van der Waals surface area contributed by atoms with Crippen molar-refractivity contribution in [2.45, 2.75) is 26.2 Å². The molecule has 0 aromatic heterocycles. The highest BCUT2D eigenvalue weighted by Gasteiger charge is 2.23. The summed E-state index contributed by atoms with van der Waals surface area (Å²) >= 11 is 0. The van der Waals surface area contributed by atoms with E-state index in [-0.39, 0.29) is 0 Å². The number of hydrogen-bond donors (Lipinski definition) is 0. The highest BCUT2D eigenvalue weighted by Crippen LogP contribution is 2.04. The summed E-state index contributed by atoms with van der Waals surface area (Å²) in [6, 6.07) is 8.64. The van der Waals surface area contributed by atoms with Crippen LogP contribution >= 0.6 is 0 Å². The average molecular weight is 242 g/mol. The number of terminal acetylenes is 2. The van der Waals surface area contributed by atoms with Crippen LogP contribution in [0.5, 0.6) is 0 Å². The molecule has 2 heteroatoms. The van der Waals surface area contributed by atoms with Crippen molar-refractivity contribution in [3.05, 3.63) is 24.3 Å². The third kappa shape index (κ3) is 2.47. The van der Waals surface area contributed by atoms with Gasteiger partial charge >= 0.3 is 0 Å². The third-order valence-corrected chi connectivity index (χ3v) is 8.05. The predicted molar refractivity (Wildman–Crippen MR) is 78.3 cm³/mol. The van der Waals surface area contributed by atoms with E-state index in [1.54, 1.807) is 0 Å². The summed E-state index contributed by atoms with van der Waals surface area (Å²) in [6.07, 6.45) is 11.2. The Morgan fingerprint density at radius 1 is 0.750 bits per heavy atom. The third-order valence-electron chi connectivity index (χ3n) is 3.05. The second-order valence-electron chi connectivity index (χ2n) is 5.12. The van der Waals surface area contributed by atoms with Crippen LogP contribution in [0.1, 0.15) is 0 Å². The Morgan fingerprint density at radius 3 is 1.19 bits per heavy atom. The first-order chi connectivity index (χ1) is 7.33. The summed E-state index contributed by atoms with van der Waals surface area (Å²) in [7, 11) is -3.31. The molecule has 82 valence electrons. The molecular formula is C14H18Si2. The van der Waals surface area contributed by atoms with Crippen LogP contribution in [0.4, 0.5) is 0 Å². The lowest BCUT2D eigenvalue weighted by molar-refractivity contribution is 1.72. The van der Waals surface area contributed by atoms with Crippen LogP contribution in [0, 0.1) is 23.9 Å². The van der Waals surface area contributed by atoms with Crippen molar-refractivity contribution in [3.8, 4) is 23.9 Å². The summed E-state index contributed by atoms with van der Waals surface area (Å²) in [5.74, 6) is 0. The molecule has 0 N–H and O–H groups in total. The SMILES string of the molecule is C#C[Si](C)(C)c1ccc([Si](C)(C)C#C)cc1. The van der Waals surface area contributed by atoms with Crippen LogP contribution in [-0.4, -0.2) is 16.1 Å². The molecule has 0 atom stereocenters. The molecule has 1 aromatic carbocycles. The second kappa shape index (κ2) is 4.33. The van der Waals surface area contributed by atoms with Gasteiger partial charge in [0.15, 0.2) is 16.1 Å². The molecule has 16 heavy (non-hydrogen) atoms. The van der Waals surface area contributed by atoms with Crippen molar-refractivity contribution in [1.29, 1.82) is 0 Å². The standard InChI is InChI=1S/C14H18Si2/c1-7-15(3,4)13-9-11-14(12-10-13)16(5,6)8-2/h1-2,9-12H,3-6H3. The van der Waals surface area contributed by atoms with E-state index < -0.39 is 16.1 Å². The molecule has 0 amide bonds. The fourth-order valence-electron chi connectivity index (χ4n) is 1.47. The van der Waals surface area contributed by atoms with E-state index in [1.165, 1.54) is 10.4 Å². The van der Waals surface area contributed by atoms with E-state index in [0.29, 0.717) is 0 Å². The van der Waals surface area contributed by atoms with Crippen LogP contribution in [-0.2, 0) is 0 Å². The van der Waals surface area contributed by atoms with Crippen molar-refractivity contribution >= 4 is 26.5 Å². The van der Waals surface area contributed by atoms with Crippen molar-refractivity contribution in [2.24, 2.45) is 0 Å². The zero-order valence-corrected chi connectivity index (χ0v) is 12.5. The molecule has 0 unspecified atom stereocenters. The van der Waals surface area contributed by atoms with Crippen LogP contribution in [0.2, 0.25) is 26.2 Å². The normalized spacial score (nSPS) is 11.6. The Morgan fingerprint density at radius 2 is 1.00 bits per heavy atom. The van der Waals surface area contributed by atoms with Gasteiger partial charge in [0.25, 0.3) is 0 Å². The first kappa shape index (κ1) is 12.8. The topological polar surface area (TPSA) is 0 Å². The lowest BCUT2D eigenvalue weighted by Gasteiger charge is -2.19. The highest BCUT2D eigenvalue weighted by atomic mass is 28.3. The molecule has 0 fully saturated rings. The Bertz CT molecular complexity index is 408. The van der Waals surface area contributed by atoms with Gasteiger partial charge in [0.1, 0.15) is 0 Å². The summed E-state index contributed by atoms with van der Waals surface area (Å²) in [5.41, 5.74) is 5.88. The Kier molecular flexibility index (Phi) is 3.48. The van der Waals surface area contributed by atoms with E-state index in [4.69, 9.17) is 12.8 Å². The molecule has 0 heterocycles. The maximum absolute atomic E-state index is 5.58. The zero-order chi connectivity index (χ0) is 12.4. The average Bonchev–Trinajstić information content (AvgIpc) is 2.29. The number of hydrogen-bond acceptors (Lipinski definition) is 0. The van der Waals surface area contributed by atoms with Crippen molar-refractivity contribution in [1.82, 2.24) is 0 Å².